The first kappa shape index (κ1) is 14.6. The third-order valence-electron chi connectivity index (χ3n) is 3.47. The summed E-state index contributed by atoms with van der Waals surface area (Å²) in [6.07, 6.45) is -0.101. The second-order valence-corrected chi connectivity index (χ2v) is 5.53. The van der Waals surface area contributed by atoms with E-state index in [0.29, 0.717) is 6.54 Å². The highest BCUT2D eigenvalue weighted by Crippen LogP contribution is 2.26. The molecule has 1 atom stereocenters. The molecule has 2 heteroatoms. The van der Waals surface area contributed by atoms with Crippen LogP contribution in [0, 0.1) is 27.7 Å². The number of benzene rings is 2. The molecule has 1 unspecified atom stereocenters. The first-order chi connectivity index (χ1) is 9.49. The summed E-state index contributed by atoms with van der Waals surface area (Å²) in [6.45, 7) is 8.82. The van der Waals surface area contributed by atoms with Gasteiger partial charge in [-0.1, -0.05) is 29.8 Å². The van der Waals surface area contributed by atoms with Crippen molar-refractivity contribution in [3.8, 4) is 5.75 Å². The van der Waals surface area contributed by atoms with E-state index >= 15 is 0 Å². The summed E-state index contributed by atoms with van der Waals surface area (Å²) < 4.78 is 6.12. The van der Waals surface area contributed by atoms with E-state index < -0.39 is 0 Å². The normalized spacial score (nSPS) is 12.2. The third kappa shape index (κ3) is 3.40. The molecule has 2 aromatic rings. The molecule has 20 heavy (non-hydrogen) atoms. The van der Waals surface area contributed by atoms with E-state index in [0.717, 1.165) is 5.75 Å². The number of hydrogen-bond acceptors (Lipinski definition) is 2. The van der Waals surface area contributed by atoms with Gasteiger partial charge in [0, 0.05) is 6.54 Å². The summed E-state index contributed by atoms with van der Waals surface area (Å²) >= 11 is 0. The largest absolute Gasteiger partial charge is 0.484 e. The van der Waals surface area contributed by atoms with Crippen LogP contribution in [0.2, 0.25) is 0 Å². The molecular weight excluding hydrogens is 246 g/mol. The van der Waals surface area contributed by atoms with Crippen LogP contribution in [-0.4, -0.2) is 6.54 Å². The zero-order valence-electron chi connectivity index (χ0n) is 12.7. The summed E-state index contributed by atoms with van der Waals surface area (Å²) in [5, 5.41) is 0. The lowest BCUT2D eigenvalue weighted by molar-refractivity contribution is 0.213. The average molecular weight is 269 g/mol. The molecule has 0 radical (unpaired) electrons. The van der Waals surface area contributed by atoms with Crippen LogP contribution in [-0.2, 0) is 0 Å². The fourth-order valence-electron chi connectivity index (χ4n) is 2.51. The van der Waals surface area contributed by atoms with Gasteiger partial charge < -0.3 is 10.5 Å². The molecule has 0 spiro atoms. The van der Waals surface area contributed by atoms with E-state index in [1.54, 1.807) is 0 Å². The van der Waals surface area contributed by atoms with Crippen molar-refractivity contribution in [2.24, 2.45) is 5.73 Å². The van der Waals surface area contributed by atoms with Crippen LogP contribution < -0.4 is 10.5 Å². The van der Waals surface area contributed by atoms with Crippen molar-refractivity contribution in [3.63, 3.8) is 0 Å². The lowest BCUT2D eigenvalue weighted by Crippen LogP contribution is -2.19. The van der Waals surface area contributed by atoms with Gasteiger partial charge in [-0.05, 0) is 62.1 Å². The van der Waals surface area contributed by atoms with Gasteiger partial charge in [0.25, 0.3) is 0 Å². The van der Waals surface area contributed by atoms with Crippen LogP contribution in [0.1, 0.15) is 33.9 Å². The maximum atomic E-state index is 6.12. The van der Waals surface area contributed by atoms with Crippen molar-refractivity contribution in [3.05, 3.63) is 64.2 Å². The van der Waals surface area contributed by atoms with Crippen LogP contribution >= 0.6 is 0 Å². The molecule has 2 rings (SSSR count). The third-order valence-corrected chi connectivity index (χ3v) is 3.47. The van der Waals surface area contributed by atoms with Gasteiger partial charge in [-0.15, -0.1) is 0 Å². The highest BCUT2D eigenvalue weighted by molar-refractivity contribution is 5.36. The van der Waals surface area contributed by atoms with E-state index in [4.69, 9.17) is 10.5 Å². The van der Waals surface area contributed by atoms with Gasteiger partial charge in [-0.25, -0.2) is 0 Å². The molecule has 0 aliphatic rings. The SMILES string of the molecule is Cc1cc(C)cc(OC(CN)c2cc(C)ccc2C)c1. The number of aryl methyl sites for hydroxylation is 4. The molecule has 0 fully saturated rings. The summed E-state index contributed by atoms with van der Waals surface area (Å²) in [6, 6.07) is 12.7. The van der Waals surface area contributed by atoms with Crippen LogP contribution in [0.3, 0.4) is 0 Å². The van der Waals surface area contributed by atoms with Crippen LogP contribution in [0.25, 0.3) is 0 Å². The van der Waals surface area contributed by atoms with Crippen LogP contribution in [0.4, 0.5) is 0 Å². The lowest BCUT2D eigenvalue weighted by atomic mass is 10.0. The first-order valence-electron chi connectivity index (χ1n) is 7.02. The van der Waals surface area contributed by atoms with Crippen molar-refractivity contribution in [1.29, 1.82) is 0 Å². The van der Waals surface area contributed by atoms with Gasteiger partial charge in [0.2, 0.25) is 0 Å². The van der Waals surface area contributed by atoms with Gasteiger partial charge in [-0.2, -0.15) is 0 Å². The average Bonchev–Trinajstić information content (AvgIpc) is 2.38. The lowest BCUT2D eigenvalue weighted by Gasteiger charge is -2.21. The highest BCUT2D eigenvalue weighted by atomic mass is 16.5. The molecule has 0 bridgehead atoms. The van der Waals surface area contributed by atoms with Gasteiger partial charge in [0.1, 0.15) is 11.9 Å². The van der Waals surface area contributed by atoms with Gasteiger partial charge in [-0.3, -0.25) is 0 Å². The quantitative estimate of drug-likeness (QED) is 0.910. The Morgan fingerprint density at radius 2 is 1.55 bits per heavy atom. The molecule has 2 aromatic carbocycles. The number of hydrogen-bond donors (Lipinski definition) is 1. The van der Waals surface area contributed by atoms with Crippen LogP contribution in [0.5, 0.6) is 5.75 Å². The Morgan fingerprint density at radius 3 is 2.15 bits per heavy atom. The van der Waals surface area contributed by atoms with E-state index in [2.05, 4.69) is 64.1 Å². The predicted molar refractivity (Wildman–Crippen MR) is 84.3 cm³/mol. The zero-order chi connectivity index (χ0) is 14.7. The second-order valence-electron chi connectivity index (χ2n) is 5.53. The molecule has 0 heterocycles. The van der Waals surface area contributed by atoms with Crippen molar-refractivity contribution < 1.29 is 4.74 Å². The number of rotatable bonds is 4. The Labute approximate surface area is 121 Å². The first-order valence-corrected chi connectivity index (χ1v) is 7.02. The maximum Gasteiger partial charge on any atom is 0.136 e. The highest BCUT2D eigenvalue weighted by Gasteiger charge is 2.14. The molecule has 0 aliphatic heterocycles. The molecule has 2 nitrogen and oxygen atoms in total. The minimum Gasteiger partial charge on any atom is -0.484 e. The number of nitrogens with two attached hydrogens (primary N) is 1. The molecule has 0 aromatic heterocycles. The molecule has 0 saturated carbocycles. The second kappa shape index (κ2) is 6.10. The van der Waals surface area contributed by atoms with E-state index in [9.17, 15) is 0 Å². The summed E-state index contributed by atoms with van der Waals surface area (Å²) in [7, 11) is 0. The Bertz CT molecular complexity index is 584. The fraction of sp³-hybridized carbons (Fsp3) is 0.333. The van der Waals surface area contributed by atoms with Gasteiger partial charge in [0.05, 0.1) is 0 Å². The Kier molecular flexibility index (Phi) is 4.46. The molecule has 0 aliphatic carbocycles. The minimum atomic E-state index is -0.101. The van der Waals surface area contributed by atoms with Crippen molar-refractivity contribution in [1.82, 2.24) is 0 Å². The predicted octanol–water partition coefficient (Wildman–Crippen LogP) is 4.00. The van der Waals surface area contributed by atoms with E-state index in [1.807, 2.05) is 0 Å². The Hall–Kier alpha value is -1.80. The molecule has 106 valence electrons. The van der Waals surface area contributed by atoms with E-state index in [1.165, 1.54) is 27.8 Å². The molecule has 0 saturated heterocycles. The van der Waals surface area contributed by atoms with Crippen molar-refractivity contribution in [2.45, 2.75) is 33.8 Å². The summed E-state index contributed by atoms with van der Waals surface area (Å²) in [5.41, 5.74) is 12.0. The Morgan fingerprint density at radius 1 is 0.900 bits per heavy atom. The standard InChI is InChI=1S/C18H23NO/c1-12-5-6-15(4)17(10-12)18(11-19)20-16-8-13(2)7-14(3)9-16/h5-10,18H,11,19H2,1-4H3. The van der Waals surface area contributed by atoms with Gasteiger partial charge in [0.15, 0.2) is 0 Å². The monoisotopic (exact) mass is 269 g/mol. The topological polar surface area (TPSA) is 35.2 Å². The summed E-state index contributed by atoms with van der Waals surface area (Å²) in [5.74, 6) is 0.888. The maximum absolute atomic E-state index is 6.12. The fourth-order valence-corrected chi connectivity index (χ4v) is 2.51. The molecule has 0 amide bonds. The van der Waals surface area contributed by atoms with Crippen molar-refractivity contribution in [2.75, 3.05) is 6.54 Å². The smallest absolute Gasteiger partial charge is 0.136 e. The van der Waals surface area contributed by atoms with Crippen LogP contribution in [0.15, 0.2) is 36.4 Å². The van der Waals surface area contributed by atoms with E-state index in [-0.39, 0.29) is 6.10 Å². The van der Waals surface area contributed by atoms with Crippen molar-refractivity contribution >= 4 is 0 Å². The Balaban J connectivity index is 2.31. The van der Waals surface area contributed by atoms with Gasteiger partial charge >= 0.3 is 0 Å². The molecular formula is C18H23NO. The zero-order valence-corrected chi connectivity index (χ0v) is 12.7. The minimum absolute atomic E-state index is 0.101. The summed E-state index contributed by atoms with van der Waals surface area (Å²) in [4.78, 5) is 0. The number of ether oxygens (including phenoxy) is 1. The molecule has 2 N–H and O–H groups in total.